The number of aliphatic carboxylic acids is 1. The summed E-state index contributed by atoms with van der Waals surface area (Å²) >= 11 is 0. The van der Waals surface area contributed by atoms with Gasteiger partial charge in [0.2, 0.25) is 0 Å². The summed E-state index contributed by atoms with van der Waals surface area (Å²) in [6.07, 6.45) is 0.438. The van der Waals surface area contributed by atoms with Gasteiger partial charge in [0.25, 0.3) is 0 Å². The van der Waals surface area contributed by atoms with Gasteiger partial charge in [-0.2, -0.15) is 0 Å². The van der Waals surface area contributed by atoms with Crippen molar-refractivity contribution in [2.75, 3.05) is 0 Å². The van der Waals surface area contributed by atoms with Gasteiger partial charge in [-0.25, -0.2) is 0 Å². The number of aldehydes is 1. The largest absolute Gasteiger partial charge is 0.481 e. The van der Waals surface area contributed by atoms with Gasteiger partial charge in [0.05, 0.1) is 12.5 Å². The lowest BCUT2D eigenvalue weighted by molar-refractivity contribution is -0.138. The van der Waals surface area contributed by atoms with E-state index in [1.54, 1.807) is 0 Å². The molecule has 0 amide bonds. The Labute approximate surface area is 87.9 Å². The van der Waals surface area contributed by atoms with E-state index in [-0.39, 0.29) is 6.42 Å². The van der Waals surface area contributed by atoms with Crippen molar-refractivity contribution in [3.05, 3.63) is 35.9 Å². The molecule has 0 saturated heterocycles. The van der Waals surface area contributed by atoms with E-state index in [1.807, 2.05) is 30.3 Å². The highest BCUT2D eigenvalue weighted by Crippen LogP contribution is 1.98. The maximum Gasteiger partial charge on any atom is 0.305 e. The van der Waals surface area contributed by atoms with E-state index in [1.165, 1.54) is 0 Å². The molecule has 0 aliphatic carbocycles. The predicted octanol–water partition coefficient (Wildman–Crippen LogP) is 0.818. The zero-order valence-corrected chi connectivity index (χ0v) is 8.22. The molecule has 15 heavy (non-hydrogen) atoms. The van der Waals surface area contributed by atoms with Crippen LogP contribution in [0.3, 0.4) is 0 Å². The highest BCUT2D eigenvalue weighted by atomic mass is 16.4. The van der Waals surface area contributed by atoms with Crippen LogP contribution in [-0.2, 0) is 16.1 Å². The zero-order valence-electron chi connectivity index (χ0n) is 8.22. The fourth-order valence-electron chi connectivity index (χ4n) is 1.20. The molecule has 0 heterocycles. The van der Waals surface area contributed by atoms with Gasteiger partial charge in [0.15, 0.2) is 0 Å². The quantitative estimate of drug-likeness (QED) is 0.678. The third-order valence-corrected chi connectivity index (χ3v) is 1.97. The average molecular weight is 207 g/mol. The van der Waals surface area contributed by atoms with Gasteiger partial charge < -0.3 is 15.2 Å². The van der Waals surface area contributed by atoms with Gasteiger partial charge in [-0.3, -0.25) is 4.79 Å². The monoisotopic (exact) mass is 207 g/mol. The van der Waals surface area contributed by atoms with Crippen LogP contribution in [-0.4, -0.2) is 23.4 Å². The SMILES string of the molecule is O=C[C@H](CC(=O)O)NCc1ccccc1. The molecule has 0 unspecified atom stereocenters. The van der Waals surface area contributed by atoms with E-state index >= 15 is 0 Å². The van der Waals surface area contributed by atoms with E-state index in [0.29, 0.717) is 12.8 Å². The van der Waals surface area contributed by atoms with E-state index < -0.39 is 12.0 Å². The summed E-state index contributed by atoms with van der Waals surface area (Å²) < 4.78 is 0. The van der Waals surface area contributed by atoms with Crippen LogP contribution in [0.5, 0.6) is 0 Å². The molecule has 0 radical (unpaired) electrons. The fourth-order valence-corrected chi connectivity index (χ4v) is 1.20. The van der Waals surface area contributed by atoms with Crippen molar-refractivity contribution in [3.63, 3.8) is 0 Å². The van der Waals surface area contributed by atoms with Gasteiger partial charge >= 0.3 is 5.97 Å². The molecule has 4 heteroatoms. The van der Waals surface area contributed by atoms with Crippen molar-refractivity contribution in [1.82, 2.24) is 5.32 Å². The first-order valence-corrected chi connectivity index (χ1v) is 4.67. The van der Waals surface area contributed by atoms with Gasteiger partial charge in [0.1, 0.15) is 6.29 Å². The van der Waals surface area contributed by atoms with Crippen molar-refractivity contribution in [1.29, 1.82) is 0 Å². The molecule has 1 rings (SSSR count). The average Bonchev–Trinajstić information content (AvgIpc) is 2.25. The second kappa shape index (κ2) is 5.93. The van der Waals surface area contributed by atoms with Crippen LogP contribution in [0.25, 0.3) is 0 Å². The van der Waals surface area contributed by atoms with Gasteiger partial charge in [-0.1, -0.05) is 30.3 Å². The Hall–Kier alpha value is -1.68. The Morgan fingerprint density at radius 1 is 1.40 bits per heavy atom. The summed E-state index contributed by atoms with van der Waals surface area (Å²) in [5.74, 6) is -0.979. The molecular weight excluding hydrogens is 194 g/mol. The van der Waals surface area contributed by atoms with Crippen molar-refractivity contribution in [2.45, 2.75) is 19.0 Å². The first-order chi connectivity index (χ1) is 7.22. The number of carbonyl (C=O) groups excluding carboxylic acids is 1. The van der Waals surface area contributed by atoms with Crippen molar-refractivity contribution < 1.29 is 14.7 Å². The minimum absolute atomic E-state index is 0.184. The van der Waals surface area contributed by atoms with Crippen molar-refractivity contribution in [2.24, 2.45) is 0 Å². The molecule has 4 nitrogen and oxygen atoms in total. The summed E-state index contributed by atoms with van der Waals surface area (Å²) in [5, 5.41) is 11.4. The standard InChI is InChI=1S/C11H13NO3/c13-8-10(6-11(14)15)12-7-9-4-2-1-3-5-9/h1-5,8,10,12H,6-7H2,(H,14,15)/t10-/m0/s1. The molecular formula is C11H13NO3. The number of rotatable bonds is 6. The molecule has 0 spiro atoms. The first-order valence-electron chi connectivity index (χ1n) is 4.67. The number of carboxylic acids is 1. The molecule has 2 N–H and O–H groups in total. The highest BCUT2D eigenvalue weighted by molar-refractivity contribution is 5.73. The molecule has 0 aliphatic rings. The van der Waals surface area contributed by atoms with Crippen LogP contribution in [0.4, 0.5) is 0 Å². The molecule has 0 aromatic heterocycles. The minimum atomic E-state index is -0.979. The Bertz CT molecular complexity index is 324. The van der Waals surface area contributed by atoms with Crippen molar-refractivity contribution >= 4 is 12.3 Å². The van der Waals surface area contributed by atoms with E-state index in [9.17, 15) is 9.59 Å². The minimum Gasteiger partial charge on any atom is -0.481 e. The van der Waals surface area contributed by atoms with E-state index in [2.05, 4.69) is 5.32 Å². The molecule has 1 aromatic carbocycles. The number of carbonyl (C=O) groups is 2. The normalized spacial score (nSPS) is 12.0. The van der Waals surface area contributed by atoms with Crippen LogP contribution >= 0.6 is 0 Å². The summed E-state index contributed by atoms with van der Waals surface area (Å²) in [4.78, 5) is 20.9. The fraction of sp³-hybridized carbons (Fsp3) is 0.273. The lowest BCUT2D eigenvalue weighted by Crippen LogP contribution is -2.32. The lowest BCUT2D eigenvalue weighted by Gasteiger charge is -2.09. The first kappa shape index (κ1) is 11.4. The maximum absolute atomic E-state index is 10.5. The molecule has 0 fully saturated rings. The van der Waals surface area contributed by atoms with Crippen LogP contribution in [0.15, 0.2) is 30.3 Å². The topological polar surface area (TPSA) is 66.4 Å². The highest BCUT2D eigenvalue weighted by Gasteiger charge is 2.10. The smallest absolute Gasteiger partial charge is 0.305 e. The van der Waals surface area contributed by atoms with Gasteiger partial charge in [0, 0.05) is 6.54 Å². The number of hydrogen-bond acceptors (Lipinski definition) is 3. The molecule has 1 aromatic rings. The number of hydrogen-bond donors (Lipinski definition) is 2. The van der Waals surface area contributed by atoms with Crippen LogP contribution < -0.4 is 5.32 Å². The molecule has 1 atom stereocenters. The molecule has 80 valence electrons. The van der Waals surface area contributed by atoms with Crippen LogP contribution in [0.1, 0.15) is 12.0 Å². The summed E-state index contributed by atoms with van der Waals surface area (Å²) in [5.41, 5.74) is 1.02. The summed E-state index contributed by atoms with van der Waals surface area (Å²) in [6, 6.07) is 8.89. The third kappa shape index (κ3) is 4.37. The van der Waals surface area contributed by atoms with E-state index in [0.717, 1.165) is 5.56 Å². The second-order valence-corrected chi connectivity index (χ2v) is 3.21. The second-order valence-electron chi connectivity index (χ2n) is 3.21. The third-order valence-electron chi connectivity index (χ3n) is 1.97. The molecule has 0 saturated carbocycles. The Kier molecular flexibility index (Phi) is 4.50. The van der Waals surface area contributed by atoms with Crippen molar-refractivity contribution in [3.8, 4) is 0 Å². The number of benzene rings is 1. The summed E-state index contributed by atoms with van der Waals surface area (Å²) in [7, 11) is 0. The number of nitrogens with one attached hydrogen (secondary N) is 1. The zero-order chi connectivity index (χ0) is 11.1. The summed E-state index contributed by atoms with van der Waals surface area (Å²) in [6.45, 7) is 0.498. The Morgan fingerprint density at radius 2 is 2.07 bits per heavy atom. The lowest BCUT2D eigenvalue weighted by atomic mass is 10.2. The molecule has 0 bridgehead atoms. The maximum atomic E-state index is 10.5. The Balaban J connectivity index is 2.41. The molecule has 0 aliphatic heterocycles. The van der Waals surface area contributed by atoms with Crippen LogP contribution in [0, 0.1) is 0 Å². The Morgan fingerprint density at radius 3 is 2.60 bits per heavy atom. The van der Waals surface area contributed by atoms with Gasteiger partial charge in [-0.15, -0.1) is 0 Å². The van der Waals surface area contributed by atoms with Gasteiger partial charge in [-0.05, 0) is 5.56 Å². The number of carboxylic acid groups (broad SMARTS) is 1. The van der Waals surface area contributed by atoms with E-state index in [4.69, 9.17) is 5.11 Å². The predicted molar refractivity (Wildman–Crippen MR) is 55.4 cm³/mol. The van der Waals surface area contributed by atoms with Crippen LogP contribution in [0.2, 0.25) is 0 Å².